The van der Waals surface area contributed by atoms with Crippen LogP contribution in [0.3, 0.4) is 0 Å². The predicted molar refractivity (Wildman–Crippen MR) is 57.2 cm³/mol. The van der Waals surface area contributed by atoms with E-state index in [1.807, 2.05) is 4.57 Å². The van der Waals surface area contributed by atoms with Crippen molar-refractivity contribution in [2.45, 2.75) is 19.4 Å². The molecule has 0 bridgehead atoms. The van der Waals surface area contributed by atoms with Gasteiger partial charge in [-0.3, -0.25) is 4.79 Å². The highest BCUT2D eigenvalue weighted by Gasteiger charge is 2.28. The zero-order chi connectivity index (χ0) is 11.8. The highest BCUT2D eigenvalue weighted by atomic mass is 16.4. The van der Waals surface area contributed by atoms with E-state index in [-0.39, 0.29) is 5.92 Å². The van der Waals surface area contributed by atoms with Crippen molar-refractivity contribution in [2.75, 3.05) is 0 Å². The summed E-state index contributed by atoms with van der Waals surface area (Å²) in [6, 6.07) is 3.57. The quantitative estimate of drug-likeness (QED) is 0.842. The Labute approximate surface area is 96.9 Å². The number of aryl methyl sites for hydroxylation is 1. The number of hydrogen-bond acceptors (Lipinski definition) is 4. The molecule has 1 N–H and O–H groups in total. The van der Waals surface area contributed by atoms with Crippen LogP contribution >= 0.6 is 0 Å². The van der Waals surface area contributed by atoms with Gasteiger partial charge < -0.3 is 14.1 Å². The Morgan fingerprint density at radius 1 is 1.53 bits per heavy atom. The Morgan fingerprint density at radius 2 is 2.41 bits per heavy atom. The molecule has 2 aromatic heterocycles. The smallest absolute Gasteiger partial charge is 0.308 e. The third-order valence-electron chi connectivity index (χ3n) is 3.04. The molecule has 1 aliphatic rings. The average Bonchev–Trinajstić information content (AvgIpc) is 2.96. The molecule has 1 atom stereocenters. The van der Waals surface area contributed by atoms with Gasteiger partial charge in [-0.15, -0.1) is 10.2 Å². The summed E-state index contributed by atoms with van der Waals surface area (Å²) in [5.41, 5.74) is 0. The number of furan rings is 1. The standard InChI is InChI=1S/C11H11N3O3/c15-11(16)7-3-4-9-12-13-10(14(9)6-7)8-2-1-5-17-8/h1-2,5,7H,3-4,6H2,(H,15,16). The second kappa shape index (κ2) is 3.73. The molecule has 88 valence electrons. The van der Waals surface area contributed by atoms with Crippen molar-refractivity contribution in [3.63, 3.8) is 0 Å². The highest BCUT2D eigenvalue weighted by molar-refractivity contribution is 5.70. The zero-order valence-corrected chi connectivity index (χ0v) is 9.04. The first-order valence-electron chi connectivity index (χ1n) is 5.44. The van der Waals surface area contributed by atoms with Crippen LogP contribution in [0.15, 0.2) is 22.8 Å². The van der Waals surface area contributed by atoms with E-state index < -0.39 is 5.97 Å². The van der Waals surface area contributed by atoms with Crippen LogP contribution in [-0.2, 0) is 17.8 Å². The molecule has 0 aromatic carbocycles. The molecular formula is C11H11N3O3. The topological polar surface area (TPSA) is 81.2 Å². The summed E-state index contributed by atoms with van der Waals surface area (Å²) in [4.78, 5) is 11.0. The lowest BCUT2D eigenvalue weighted by atomic mass is 9.99. The van der Waals surface area contributed by atoms with E-state index in [4.69, 9.17) is 9.52 Å². The molecule has 6 heteroatoms. The van der Waals surface area contributed by atoms with Crippen LogP contribution in [-0.4, -0.2) is 25.8 Å². The summed E-state index contributed by atoms with van der Waals surface area (Å²) < 4.78 is 7.10. The van der Waals surface area contributed by atoms with Crippen LogP contribution in [0.25, 0.3) is 11.6 Å². The minimum Gasteiger partial charge on any atom is -0.481 e. The summed E-state index contributed by atoms with van der Waals surface area (Å²) >= 11 is 0. The van der Waals surface area contributed by atoms with Gasteiger partial charge in [0.25, 0.3) is 0 Å². The van der Waals surface area contributed by atoms with Gasteiger partial charge in [-0.25, -0.2) is 0 Å². The van der Waals surface area contributed by atoms with Crippen LogP contribution < -0.4 is 0 Å². The lowest BCUT2D eigenvalue weighted by Gasteiger charge is -2.20. The molecule has 17 heavy (non-hydrogen) atoms. The largest absolute Gasteiger partial charge is 0.481 e. The van der Waals surface area contributed by atoms with Gasteiger partial charge in [0.1, 0.15) is 5.82 Å². The van der Waals surface area contributed by atoms with Crippen molar-refractivity contribution in [3.05, 3.63) is 24.2 Å². The van der Waals surface area contributed by atoms with Crippen molar-refractivity contribution in [3.8, 4) is 11.6 Å². The van der Waals surface area contributed by atoms with E-state index >= 15 is 0 Å². The third-order valence-corrected chi connectivity index (χ3v) is 3.04. The minimum absolute atomic E-state index is 0.368. The molecular weight excluding hydrogens is 222 g/mol. The molecule has 0 spiro atoms. The van der Waals surface area contributed by atoms with E-state index in [1.165, 1.54) is 0 Å². The molecule has 0 aliphatic carbocycles. The van der Waals surface area contributed by atoms with Gasteiger partial charge in [0.15, 0.2) is 11.6 Å². The van der Waals surface area contributed by atoms with E-state index in [1.54, 1.807) is 18.4 Å². The molecule has 0 radical (unpaired) electrons. The van der Waals surface area contributed by atoms with Gasteiger partial charge in [0.2, 0.25) is 0 Å². The Bertz CT molecular complexity index is 544. The maximum absolute atomic E-state index is 11.0. The van der Waals surface area contributed by atoms with Crippen molar-refractivity contribution < 1.29 is 14.3 Å². The van der Waals surface area contributed by atoms with Crippen molar-refractivity contribution >= 4 is 5.97 Å². The Kier molecular flexibility index (Phi) is 2.21. The molecule has 3 rings (SSSR count). The fourth-order valence-electron chi connectivity index (χ4n) is 2.12. The van der Waals surface area contributed by atoms with Gasteiger partial charge in [0.05, 0.1) is 12.2 Å². The number of rotatable bonds is 2. The SMILES string of the molecule is O=C(O)C1CCc2nnc(-c3ccco3)n2C1. The molecule has 1 unspecified atom stereocenters. The highest BCUT2D eigenvalue weighted by Crippen LogP contribution is 2.25. The Balaban J connectivity index is 2.00. The lowest BCUT2D eigenvalue weighted by molar-refractivity contribution is -0.142. The molecule has 0 amide bonds. The average molecular weight is 233 g/mol. The number of aliphatic carboxylic acids is 1. The van der Waals surface area contributed by atoms with Crippen LogP contribution in [0.1, 0.15) is 12.2 Å². The summed E-state index contributed by atoms with van der Waals surface area (Å²) in [6.45, 7) is 0.410. The Hall–Kier alpha value is -2.11. The van der Waals surface area contributed by atoms with E-state index in [2.05, 4.69) is 10.2 Å². The Morgan fingerprint density at radius 3 is 3.12 bits per heavy atom. The normalized spacial score (nSPS) is 18.9. The molecule has 0 fully saturated rings. The summed E-state index contributed by atoms with van der Waals surface area (Å²) in [7, 11) is 0. The second-order valence-electron chi connectivity index (χ2n) is 4.10. The maximum Gasteiger partial charge on any atom is 0.308 e. The zero-order valence-electron chi connectivity index (χ0n) is 9.04. The number of carboxylic acids is 1. The first-order valence-corrected chi connectivity index (χ1v) is 5.44. The van der Waals surface area contributed by atoms with Crippen molar-refractivity contribution in [1.29, 1.82) is 0 Å². The van der Waals surface area contributed by atoms with Gasteiger partial charge in [-0.2, -0.15) is 0 Å². The lowest BCUT2D eigenvalue weighted by Crippen LogP contribution is -2.27. The fourth-order valence-corrected chi connectivity index (χ4v) is 2.12. The van der Waals surface area contributed by atoms with Gasteiger partial charge in [0, 0.05) is 13.0 Å². The van der Waals surface area contributed by atoms with Gasteiger partial charge in [-0.05, 0) is 18.6 Å². The van der Waals surface area contributed by atoms with Gasteiger partial charge >= 0.3 is 5.97 Å². The number of hydrogen-bond donors (Lipinski definition) is 1. The van der Waals surface area contributed by atoms with E-state index in [0.29, 0.717) is 31.0 Å². The second-order valence-corrected chi connectivity index (χ2v) is 4.10. The van der Waals surface area contributed by atoms with Crippen molar-refractivity contribution in [1.82, 2.24) is 14.8 Å². The van der Waals surface area contributed by atoms with Crippen LogP contribution in [0, 0.1) is 5.92 Å². The van der Waals surface area contributed by atoms with Crippen LogP contribution in [0.5, 0.6) is 0 Å². The van der Waals surface area contributed by atoms with E-state index in [0.717, 1.165) is 5.82 Å². The first kappa shape index (κ1) is 10.1. The number of nitrogens with zero attached hydrogens (tertiary/aromatic N) is 3. The minimum atomic E-state index is -0.769. The number of carbonyl (C=O) groups is 1. The van der Waals surface area contributed by atoms with Crippen LogP contribution in [0.2, 0.25) is 0 Å². The molecule has 6 nitrogen and oxygen atoms in total. The third kappa shape index (κ3) is 1.61. The van der Waals surface area contributed by atoms with Crippen LogP contribution in [0.4, 0.5) is 0 Å². The molecule has 0 saturated heterocycles. The molecule has 0 saturated carbocycles. The molecule has 2 aromatic rings. The van der Waals surface area contributed by atoms with Crippen molar-refractivity contribution in [2.24, 2.45) is 5.92 Å². The summed E-state index contributed by atoms with van der Waals surface area (Å²) in [5.74, 6) is 0.918. The number of aromatic nitrogens is 3. The summed E-state index contributed by atoms with van der Waals surface area (Å²) in [5, 5.41) is 17.2. The predicted octanol–water partition coefficient (Wildman–Crippen LogP) is 1.19. The molecule has 1 aliphatic heterocycles. The number of carboxylic acid groups (broad SMARTS) is 1. The first-order chi connectivity index (χ1) is 8.25. The molecule has 3 heterocycles. The monoisotopic (exact) mass is 233 g/mol. The van der Waals surface area contributed by atoms with Gasteiger partial charge in [-0.1, -0.05) is 0 Å². The fraction of sp³-hybridized carbons (Fsp3) is 0.364. The number of fused-ring (bicyclic) bond motifs is 1. The maximum atomic E-state index is 11.0. The summed E-state index contributed by atoms with van der Waals surface area (Å²) in [6.07, 6.45) is 2.82. The van der Waals surface area contributed by atoms with E-state index in [9.17, 15) is 4.79 Å².